The fourth-order valence-corrected chi connectivity index (χ4v) is 2.16. The van der Waals surface area contributed by atoms with Gasteiger partial charge in [0.1, 0.15) is 6.26 Å². The fraction of sp³-hybridized carbons (Fsp3) is 0.214. The molecule has 1 aromatic heterocycles. The molecule has 0 radical (unpaired) electrons. The number of furan rings is 1. The number of carbonyl (C=O) groups is 1. The lowest BCUT2D eigenvalue weighted by Crippen LogP contribution is -2.31. The molecule has 1 aromatic carbocycles. The van der Waals surface area contributed by atoms with Gasteiger partial charge in [0.05, 0.1) is 11.8 Å². The number of hydrogen-bond donors (Lipinski definition) is 0. The van der Waals surface area contributed by atoms with Gasteiger partial charge in [0, 0.05) is 18.4 Å². The first-order valence-corrected chi connectivity index (χ1v) is 6.85. The average molecular weight is 308 g/mol. The second-order valence-corrected chi connectivity index (χ2v) is 4.71. The van der Waals surface area contributed by atoms with E-state index in [-0.39, 0.29) is 5.91 Å². The van der Waals surface area contributed by atoms with E-state index < -0.39 is 0 Å². The van der Waals surface area contributed by atoms with Crippen LogP contribution in [0.4, 0.5) is 0 Å². The molecule has 0 saturated carbocycles. The second-order valence-electron chi connectivity index (χ2n) is 3.91. The van der Waals surface area contributed by atoms with Crippen molar-refractivity contribution in [3.8, 4) is 0 Å². The smallest absolute Gasteiger partial charge is 0.257 e. The molecule has 0 bridgehead atoms. The molecule has 94 valence electrons. The molecule has 2 aromatic rings. The topological polar surface area (TPSA) is 33.5 Å². The summed E-state index contributed by atoms with van der Waals surface area (Å²) >= 11 is 3.38. The Kier molecular flexibility index (Phi) is 4.59. The predicted molar refractivity (Wildman–Crippen MR) is 73.7 cm³/mol. The maximum atomic E-state index is 12.2. The standard InChI is InChI=1S/C14H14BrNO2/c15-7-8-16(10-12-4-2-1-3-5-12)14(17)13-6-9-18-11-13/h1-6,9,11H,7-8,10H2. The van der Waals surface area contributed by atoms with Crippen molar-refractivity contribution in [1.29, 1.82) is 0 Å². The Labute approximate surface area is 115 Å². The highest BCUT2D eigenvalue weighted by atomic mass is 79.9. The number of halogens is 1. The fourth-order valence-electron chi connectivity index (χ4n) is 1.73. The van der Waals surface area contributed by atoms with Crippen LogP contribution in [0.3, 0.4) is 0 Å². The molecule has 0 aliphatic heterocycles. The Morgan fingerprint density at radius 2 is 2.00 bits per heavy atom. The van der Waals surface area contributed by atoms with Gasteiger partial charge in [0.15, 0.2) is 0 Å². The largest absolute Gasteiger partial charge is 0.472 e. The van der Waals surface area contributed by atoms with E-state index in [1.165, 1.54) is 12.5 Å². The number of hydrogen-bond acceptors (Lipinski definition) is 2. The van der Waals surface area contributed by atoms with Crippen LogP contribution in [0.15, 0.2) is 53.3 Å². The van der Waals surface area contributed by atoms with E-state index in [0.717, 1.165) is 10.9 Å². The summed E-state index contributed by atoms with van der Waals surface area (Å²) in [6.07, 6.45) is 3.00. The maximum Gasteiger partial charge on any atom is 0.257 e. The van der Waals surface area contributed by atoms with Gasteiger partial charge >= 0.3 is 0 Å². The van der Waals surface area contributed by atoms with Crippen LogP contribution in [0.2, 0.25) is 0 Å². The zero-order chi connectivity index (χ0) is 12.8. The minimum Gasteiger partial charge on any atom is -0.472 e. The maximum absolute atomic E-state index is 12.2. The quantitative estimate of drug-likeness (QED) is 0.794. The predicted octanol–water partition coefficient (Wildman–Crippen LogP) is 3.32. The molecule has 1 amide bonds. The highest BCUT2D eigenvalue weighted by molar-refractivity contribution is 9.09. The highest BCUT2D eigenvalue weighted by Gasteiger charge is 2.16. The zero-order valence-corrected chi connectivity index (χ0v) is 11.5. The first kappa shape index (κ1) is 12.9. The van der Waals surface area contributed by atoms with Gasteiger partial charge in [-0.1, -0.05) is 46.3 Å². The number of rotatable bonds is 5. The Morgan fingerprint density at radius 1 is 1.22 bits per heavy atom. The number of amides is 1. The number of carbonyl (C=O) groups excluding carboxylic acids is 1. The van der Waals surface area contributed by atoms with Crippen LogP contribution in [0.1, 0.15) is 15.9 Å². The van der Waals surface area contributed by atoms with Crippen LogP contribution in [0, 0.1) is 0 Å². The molecule has 0 saturated heterocycles. The molecule has 0 spiro atoms. The SMILES string of the molecule is O=C(c1ccoc1)N(CCBr)Cc1ccccc1. The third-order valence-corrected chi connectivity index (χ3v) is 2.98. The molecule has 0 fully saturated rings. The van der Waals surface area contributed by atoms with Crippen LogP contribution in [-0.2, 0) is 6.54 Å². The van der Waals surface area contributed by atoms with Crippen molar-refractivity contribution in [2.24, 2.45) is 0 Å². The molecule has 0 aliphatic rings. The molecule has 0 atom stereocenters. The Hall–Kier alpha value is -1.55. The first-order valence-electron chi connectivity index (χ1n) is 5.72. The van der Waals surface area contributed by atoms with Gasteiger partial charge in [-0.05, 0) is 11.6 Å². The number of alkyl halides is 1. The van der Waals surface area contributed by atoms with E-state index in [1.54, 1.807) is 11.0 Å². The third-order valence-electron chi connectivity index (χ3n) is 2.63. The second kappa shape index (κ2) is 6.40. The van der Waals surface area contributed by atoms with E-state index in [1.807, 2.05) is 30.3 Å². The van der Waals surface area contributed by atoms with Gasteiger partial charge in [-0.15, -0.1) is 0 Å². The summed E-state index contributed by atoms with van der Waals surface area (Å²) in [5, 5.41) is 0.753. The van der Waals surface area contributed by atoms with Crippen LogP contribution >= 0.6 is 15.9 Å². The number of benzene rings is 1. The summed E-state index contributed by atoms with van der Waals surface area (Å²) in [7, 11) is 0. The normalized spacial score (nSPS) is 10.3. The van der Waals surface area contributed by atoms with Gasteiger partial charge in [0.25, 0.3) is 5.91 Å². The lowest BCUT2D eigenvalue weighted by Gasteiger charge is -2.21. The van der Waals surface area contributed by atoms with E-state index in [4.69, 9.17) is 4.42 Å². The van der Waals surface area contributed by atoms with Crippen molar-refractivity contribution >= 4 is 21.8 Å². The van der Waals surface area contributed by atoms with Gasteiger partial charge in [-0.3, -0.25) is 4.79 Å². The summed E-state index contributed by atoms with van der Waals surface area (Å²) in [4.78, 5) is 14.0. The molecule has 1 heterocycles. The van der Waals surface area contributed by atoms with Crippen molar-refractivity contribution in [2.75, 3.05) is 11.9 Å². The van der Waals surface area contributed by atoms with E-state index in [9.17, 15) is 4.79 Å². The third kappa shape index (κ3) is 3.23. The summed E-state index contributed by atoms with van der Waals surface area (Å²) in [6.45, 7) is 1.27. The Bertz CT molecular complexity index is 482. The van der Waals surface area contributed by atoms with Crippen LogP contribution < -0.4 is 0 Å². The lowest BCUT2D eigenvalue weighted by molar-refractivity contribution is 0.0754. The van der Waals surface area contributed by atoms with Crippen molar-refractivity contribution in [1.82, 2.24) is 4.90 Å². The molecule has 0 N–H and O–H groups in total. The van der Waals surface area contributed by atoms with E-state index in [0.29, 0.717) is 18.7 Å². The number of nitrogens with zero attached hydrogens (tertiary/aromatic N) is 1. The van der Waals surface area contributed by atoms with Gasteiger partial charge < -0.3 is 9.32 Å². The molecular weight excluding hydrogens is 294 g/mol. The molecule has 4 heteroatoms. The van der Waals surface area contributed by atoms with E-state index >= 15 is 0 Å². The van der Waals surface area contributed by atoms with Crippen LogP contribution in [0.5, 0.6) is 0 Å². The average Bonchev–Trinajstić information content (AvgIpc) is 2.92. The summed E-state index contributed by atoms with van der Waals surface area (Å²) in [5.41, 5.74) is 1.71. The zero-order valence-electron chi connectivity index (χ0n) is 9.88. The minimum absolute atomic E-state index is 0.00736. The van der Waals surface area contributed by atoms with Crippen LogP contribution in [-0.4, -0.2) is 22.7 Å². The first-order chi connectivity index (χ1) is 8.81. The summed E-state index contributed by atoms with van der Waals surface area (Å²) < 4.78 is 4.95. The van der Waals surface area contributed by atoms with E-state index in [2.05, 4.69) is 15.9 Å². The molecule has 2 rings (SSSR count). The monoisotopic (exact) mass is 307 g/mol. The van der Waals surface area contributed by atoms with Crippen molar-refractivity contribution in [3.05, 3.63) is 60.1 Å². The highest BCUT2D eigenvalue weighted by Crippen LogP contribution is 2.11. The van der Waals surface area contributed by atoms with Gasteiger partial charge in [0.2, 0.25) is 0 Å². The molecule has 0 unspecified atom stereocenters. The minimum atomic E-state index is -0.00736. The Morgan fingerprint density at radius 3 is 2.61 bits per heavy atom. The van der Waals surface area contributed by atoms with Gasteiger partial charge in [-0.25, -0.2) is 0 Å². The van der Waals surface area contributed by atoms with Crippen molar-refractivity contribution in [2.45, 2.75) is 6.54 Å². The lowest BCUT2D eigenvalue weighted by atomic mass is 10.2. The molecule has 3 nitrogen and oxygen atoms in total. The molecule has 18 heavy (non-hydrogen) atoms. The van der Waals surface area contributed by atoms with Gasteiger partial charge in [-0.2, -0.15) is 0 Å². The summed E-state index contributed by atoms with van der Waals surface area (Å²) in [5.74, 6) is -0.00736. The van der Waals surface area contributed by atoms with Crippen LogP contribution in [0.25, 0.3) is 0 Å². The molecule has 0 aliphatic carbocycles. The van der Waals surface area contributed by atoms with Crippen molar-refractivity contribution in [3.63, 3.8) is 0 Å². The molecular formula is C14H14BrNO2. The Balaban J connectivity index is 2.11. The summed E-state index contributed by atoms with van der Waals surface area (Å²) in [6, 6.07) is 11.6. The van der Waals surface area contributed by atoms with Crippen molar-refractivity contribution < 1.29 is 9.21 Å².